The highest BCUT2D eigenvalue weighted by molar-refractivity contribution is 6.33. The lowest BCUT2D eigenvalue weighted by atomic mass is 10.1. The minimum Gasteiger partial charge on any atom is -0.340 e. The van der Waals surface area contributed by atoms with Crippen LogP contribution in [0.2, 0.25) is 5.02 Å². The van der Waals surface area contributed by atoms with Crippen LogP contribution in [0.1, 0.15) is 0 Å². The van der Waals surface area contributed by atoms with Crippen LogP contribution in [-0.4, -0.2) is 34.5 Å². The van der Waals surface area contributed by atoms with E-state index >= 15 is 0 Å². The molecule has 152 valence electrons. The van der Waals surface area contributed by atoms with Crippen LogP contribution in [0.5, 0.6) is 0 Å². The third-order valence-electron chi connectivity index (χ3n) is 4.66. The average molecular weight is 429 g/mol. The van der Waals surface area contributed by atoms with E-state index in [1.807, 2.05) is 61.8 Å². The second-order valence-electron chi connectivity index (χ2n) is 6.85. The van der Waals surface area contributed by atoms with Gasteiger partial charge in [0, 0.05) is 42.5 Å². The molecule has 1 aromatic carbocycles. The number of aryl methyl sites for hydroxylation is 1. The average Bonchev–Trinajstić information content (AvgIpc) is 3.46. The summed E-state index contributed by atoms with van der Waals surface area (Å²) in [6.07, 6.45) is 8.72. The van der Waals surface area contributed by atoms with Gasteiger partial charge in [-0.15, -0.1) is 5.10 Å². The molecule has 0 unspecified atom stereocenters. The van der Waals surface area contributed by atoms with E-state index in [-0.39, 0.29) is 0 Å². The van der Waals surface area contributed by atoms with Crippen molar-refractivity contribution in [3.05, 3.63) is 84.7 Å². The van der Waals surface area contributed by atoms with Crippen molar-refractivity contribution in [3.8, 4) is 28.3 Å². The Labute approximate surface area is 183 Å². The summed E-state index contributed by atoms with van der Waals surface area (Å²) in [5.41, 5.74) is 4.32. The Morgan fingerprint density at radius 1 is 0.968 bits per heavy atom. The molecule has 0 amide bonds. The number of nitrogens with one attached hydrogen (secondary N) is 1. The molecule has 5 rings (SSSR count). The summed E-state index contributed by atoms with van der Waals surface area (Å²) in [6, 6.07) is 15.4. The number of hydrogen-bond acceptors (Lipinski definition) is 6. The van der Waals surface area contributed by atoms with E-state index in [0.29, 0.717) is 16.7 Å². The number of nitrogens with zero attached hydrogens (tertiary/aromatic N) is 7. The van der Waals surface area contributed by atoms with Crippen molar-refractivity contribution < 1.29 is 0 Å². The first-order valence-corrected chi connectivity index (χ1v) is 9.88. The van der Waals surface area contributed by atoms with Crippen LogP contribution in [0.3, 0.4) is 0 Å². The first-order valence-electron chi connectivity index (χ1n) is 9.51. The molecule has 0 atom stereocenters. The molecule has 1 N–H and O–H groups in total. The van der Waals surface area contributed by atoms with E-state index in [9.17, 15) is 0 Å². The van der Waals surface area contributed by atoms with Crippen molar-refractivity contribution in [1.29, 1.82) is 0 Å². The molecule has 5 aromatic rings. The Morgan fingerprint density at radius 2 is 1.84 bits per heavy atom. The van der Waals surface area contributed by atoms with Crippen molar-refractivity contribution in [2.75, 3.05) is 5.32 Å². The second kappa shape index (κ2) is 8.00. The van der Waals surface area contributed by atoms with Crippen LogP contribution in [0.15, 0.2) is 79.6 Å². The van der Waals surface area contributed by atoms with Crippen LogP contribution in [0.4, 0.5) is 11.5 Å². The topological polar surface area (TPSA) is 86.3 Å². The van der Waals surface area contributed by atoms with Crippen LogP contribution >= 0.6 is 11.6 Å². The van der Waals surface area contributed by atoms with Gasteiger partial charge in [-0.1, -0.05) is 17.7 Å². The maximum Gasteiger partial charge on any atom is 0.200 e. The number of pyridine rings is 2. The van der Waals surface area contributed by atoms with Crippen molar-refractivity contribution in [2.45, 2.75) is 0 Å². The lowest BCUT2D eigenvalue weighted by Gasteiger charge is -2.09. The summed E-state index contributed by atoms with van der Waals surface area (Å²) in [5, 5.41) is 12.6. The van der Waals surface area contributed by atoms with Crippen molar-refractivity contribution in [2.24, 2.45) is 7.05 Å². The first-order chi connectivity index (χ1) is 15.2. The van der Waals surface area contributed by atoms with Gasteiger partial charge in [0.15, 0.2) is 5.82 Å². The van der Waals surface area contributed by atoms with E-state index in [1.54, 1.807) is 34.3 Å². The first kappa shape index (κ1) is 19.0. The Hall–Kier alpha value is -4.04. The predicted molar refractivity (Wildman–Crippen MR) is 119 cm³/mol. The van der Waals surface area contributed by atoms with Gasteiger partial charge in [-0.3, -0.25) is 9.67 Å². The zero-order valence-electron chi connectivity index (χ0n) is 16.5. The number of benzene rings is 1. The number of aromatic nitrogens is 7. The standard InChI is InChI=1S/C22H17ClN8/c1-30-13-15(11-27-30)18-10-21(25-12-19(18)23)28-16-5-7-17(8-6-16)31-14-26-22(29-31)20-4-2-3-9-24-20/h2-14H,1H3,(H,25,28). The summed E-state index contributed by atoms with van der Waals surface area (Å²) < 4.78 is 3.45. The zero-order chi connectivity index (χ0) is 21.2. The molecule has 9 heteroatoms. The molecular formula is C22H17ClN8. The fourth-order valence-electron chi connectivity index (χ4n) is 3.13. The van der Waals surface area contributed by atoms with Crippen LogP contribution < -0.4 is 5.32 Å². The molecule has 8 nitrogen and oxygen atoms in total. The van der Waals surface area contributed by atoms with Gasteiger partial charge in [0.25, 0.3) is 0 Å². The summed E-state index contributed by atoms with van der Waals surface area (Å²) in [6.45, 7) is 0. The number of hydrogen-bond donors (Lipinski definition) is 1. The molecule has 0 bridgehead atoms. The predicted octanol–water partition coefficient (Wildman–Crippen LogP) is 4.52. The minimum atomic E-state index is 0.573. The monoisotopic (exact) mass is 428 g/mol. The molecule has 0 aliphatic carbocycles. The Balaban J connectivity index is 1.35. The molecule has 0 aliphatic heterocycles. The normalized spacial score (nSPS) is 10.9. The number of anilines is 2. The van der Waals surface area contributed by atoms with Crippen LogP contribution in [0, 0.1) is 0 Å². The Bertz CT molecular complexity index is 1330. The number of halogens is 1. The Morgan fingerprint density at radius 3 is 2.58 bits per heavy atom. The van der Waals surface area contributed by atoms with Crippen molar-refractivity contribution in [3.63, 3.8) is 0 Å². The molecule has 0 saturated carbocycles. The highest BCUT2D eigenvalue weighted by Gasteiger charge is 2.09. The van der Waals surface area contributed by atoms with E-state index in [4.69, 9.17) is 11.6 Å². The van der Waals surface area contributed by atoms with Gasteiger partial charge < -0.3 is 5.32 Å². The van der Waals surface area contributed by atoms with Gasteiger partial charge in [0.1, 0.15) is 17.8 Å². The summed E-state index contributed by atoms with van der Waals surface area (Å²) in [5.74, 6) is 1.27. The maximum atomic E-state index is 6.33. The molecule has 0 fully saturated rings. The smallest absolute Gasteiger partial charge is 0.200 e. The lowest BCUT2D eigenvalue weighted by Crippen LogP contribution is -1.97. The minimum absolute atomic E-state index is 0.573. The van der Waals surface area contributed by atoms with E-state index in [2.05, 4.69) is 30.5 Å². The van der Waals surface area contributed by atoms with Gasteiger partial charge >= 0.3 is 0 Å². The zero-order valence-corrected chi connectivity index (χ0v) is 17.3. The maximum absolute atomic E-state index is 6.33. The van der Waals surface area contributed by atoms with Crippen molar-refractivity contribution >= 4 is 23.1 Å². The number of rotatable bonds is 5. The van der Waals surface area contributed by atoms with E-state index in [1.165, 1.54) is 0 Å². The van der Waals surface area contributed by atoms with E-state index < -0.39 is 0 Å². The molecule has 0 radical (unpaired) electrons. The van der Waals surface area contributed by atoms with Gasteiger partial charge in [0.05, 0.1) is 16.9 Å². The molecule has 0 spiro atoms. The fraction of sp³-hybridized carbons (Fsp3) is 0.0455. The third kappa shape index (κ3) is 4.01. The van der Waals surface area contributed by atoms with Crippen LogP contribution in [-0.2, 0) is 7.05 Å². The van der Waals surface area contributed by atoms with Gasteiger partial charge in [-0.2, -0.15) is 5.10 Å². The quantitative estimate of drug-likeness (QED) is 0.443. The largest absolute Gasteiger partial charge is 0.340 e. The lowest BCUT2D eigenvalue weighted by molar-refractivity contribution is 0.768. The summed E-state index contributed by atoms with van der Waals surface area (Å²) >= 11 is 6.33. The Kier molecular flexibility index (Phi) is 4.89. The highest BCUT2D eigenvalue weighted by atomic mass is 35.5. The molecule has 31 heavy (non-hydrogen) atoms. The van der Waals surface area contributed by atoms with E-state index in [0.717, 1.165) is 28.2 Å². The fourth-order valence-corrected chi connectivity index (χ4v) is 3.35. The summed E-state index contributed by atoms with van der Waals surface area (Å²) in [4.78, 5) is 13.0. The molecular weight excluding hydrogens is 412 g/mol. The molecule has 4 heterocycles. The molecule has 0 aliphatic rings. The molecule has 0 saturated heterocycles. The van der Waals surface area contributed by atoms with Gasteiger partial charge in [0.2, 0.25) is 0 Å². The van der Waals surface area contributed by atoms with Gasteiger partial charge in [-0.25, -0.2) is 14.6 Å². The van der Waals surface area contributed by atoms with Crippen LogP contribution in [0.25, 0.3) is 28.3 Å². The van der Waals surface area contributed by atoms with Crippen molar-refractivity contribution in [1.82, 2.24) is 34.5 Å². The second-order valence-corrected chi connectivity index (χ2v) is 7.26. The molecule has 4 aromatic heterocycles. The third-order valence-corrected chi connectivity index (χ3v) is 4.96. The summed E-state index contributed by atoms with van der Waals surface area (Å²) in [7, 11) is 1.87. The highest BCUT2D eigenvalue weighted by Crippen LogP contribution is 2.30. The van der Waals surface area contributed by atoms with Gasteiger partial charge in [-0.05, 0) is 42.5 Å². The SMILES string of the molecule is Cn1cc(-c2cc(Nc3ccc(-n4cnc(-c5ccccn5)n4)cc3)ncc2Cl)cn1.